The number of phenols is 1. The normalized spacial score (nSPS) is 15.1. The van der Waals surface area contributed by atoms with Crippen molar-refractivity contribution in [3.8, 4) is 5.75 Å². The van der Waals surface area contributed by atoms with Crippen molar-refractivity contribution in [2.24, 2.45) is 28.9 Å². The Bertz CT molecular complexity index is 2270. The zero-order chi connectivity index (χ0) is 55.8. The number of aromatic hydroxyl groups is 1. The highest BCUT2D eigenvalue weighted by molar-refractivity contribution is 5.99. The van der Waals surface area contributed by atoms with E-state index in [1.807, 2.05) is 0 Å². The molecule has 0 bridgehead atoms. The van der Waals surface area contributed by atoms with Crippen molar-refractivity contribution in [1.29, 1.82) is 0 Å². The summed E-state index contributed by atoms with van der Waals surface area (Å²) in [6.45, 7) is 7.08. The lowest BCUT2D eigenvalue weighted by Crippen LogP contribution is -2.62. The van der Waals surface area contributed by atoms with Gasteiger partial charge in [0.15, 0.2) is 0 Å². The Morgan fingerprint density at radius 2 is 0.986 bits per heavy atom. The summed E-state index contributed by atoms with van der Waals surface area (Å²) in [6.07, 6.45) is -2.21. The molecular formula is C48H72N12O14. The Hall–Kier alpha value is -7.71. The molecule has 74 heavy (non-hydrogen) atoms. The van der Waals surface area contributed by atoms with Crippen molar-refractivity contribution in [3.63, 3.8) is 0 Å². The van der Waals surface area contributed by atoms with Gasteiger partial charge in [-0.3, -0.25) is 47.9 Å². The van der Waals surface area contributed by atoms with E-state index in [4.69, 9.17) is 22.9 Å². The third kappa shape index (κ3) is 22.0. The molecule has 19 N–H and O–H groups in total. The van der Waals surface area contributed by atoms with Crippen LogP contribution in [0.1, 0.15) is 84.3 Å². The quantitative estimate of drug-likeness (QED) is 0.0309. The SMILES string of the molecule is CC(C)[C@H](NC(=O)[C@H](CC(N)=O)NC(=O)[C@H](Cc1ccc(O)cc1)NC(=O)[C@H](C)NC(=O)[C@@H](N)CCCCN)C(=O)N[C@H](C(=O)N[C@@H](CCC(N)=O)C(=O)N[C@@H](C)C(=O)N[C@@H](Cc1ccccc1)C(=O)O)[C@@H](C)O. The molecule has 10 atom stereocenters. The number of aliphatic hydroxyl groups is 1. The summed E-state index contributed by atoms with van der Waals surface area (Å²) < 4.78 is 0. The molecule has 0 radical (unpaired) electrons. The van der Waals surface area contributed by atoms with Crippen molar-refractivity contribution in [2.75, 3.05) is 6.54 Å². The topological polar surface area (TPSA) is 449 Å². The lowest BCUT2D eigenvalue weighted by Gasteiger charge is -2.29. The minimum Gasteiger partial charge on any atom is -0.508 e. The first-order chi connectivity index (χ1) is 34.7. The molecule has 408 valence electrons. The van der Waals surface area contributed by atoms with E-state index < -0.39 is 151 Å². The predicted octanol–water partition coefficient (Wildman–Crippen LogP) is -4.19. The molecule has 0 aromatic heterocycles. The molecular weight excluding hydrogens is 969 g/mol. The van der Waals surface area contributed by atoms with E-state index in [9.17, 15) is 68.1 Å². The van der Waals surface area contributed by atoms with Gasteiger partial charge < -0.3 is 80.8 Å². The summed E-state index contributed by atoms with van der Waals surface area (Å²) in [5, 5.41) is 49.4. The molecule has 26 heteroatoms. The zero-order valence-corrected chi connectivity index (χ0v) is 42.1. The zero-order valence-electron chi connectivity index (χ0n) is 42.1. The number of benzene rings is 2. The second-order valence-corrected chi connectivity index (χ2v) is 18.1. The van der Waals surface area contributed by atoms with Gasteiger partial charge in [0.05, 0.1) is 18.6 Å². The van der Waals surface area contributed by atoms with Crippen LogP contribution in [0.3, 0.4) is 0 Å². The van der Waals surface area contributed by atoms with E-state index in [1.54, 1.807) is 30.3 Å². The smallest absolute Gasteiger partial charge is 0.326 e. The lowest BCUT2D eigenvalue weighted by molar-refractivity contribution is -0.142. The number of amides is 10. The van der Waals surface area contributed by atoms with Crippen molar-refractivity contribution >= 4 is 65.0 Å². The number of aliphatic hydroxyl groups excluding tert-OH is 1. The molecule has 2 aromatic carbocycles. The van der Waals surface area contributed by atoms with Crippen molar-refractivity contribution in [3.05, 3.63) is 65.7 Å². The molecule has 0 heterocycles. The number of carbonyl (C=O) groups excluding carboxylic acids is 10. The van der Waals surface area contributed by atoms with Gasteiger partial charge in [0.1, 0.15) is 54.1 Å². The number of nitrogens with one attached hydrogen (secondary N) is 8. The van der Waals surface area contributed by atoms with E-state index in [0.717, 1.165) is 6.92 Å². The van der Waals surface area contributed by atoms with E-state index in [0.29, 0.717) is 36.9 Å². The summed E-state index contributed by atoms with van der Waals surface area (Å²) in [5.74, 6) is -12.0. The Labute approximate surface area is 428 Å². The fourth-order valence-corrected chi connectivity index (χ4v) is 7.06. The highest BCUT2D eigenvalue weighted by atomic mass is 16.4. The number of rotatable bonds is 32. The van der Waals surface area contributed by atoms with E-state index in [2.05, 4.69) is 42.5 Å². The maximum absolute atomic E-state index is 14.0. The maximum atomic E-state index is 14.0. The number of phenolic OH excluding ortho intramolecular Hbond substituents is 1. The number of hydrogen-bond acceptors (Lipinski definition) is 15. The van der Waals surface area contributed by atoms with E-state index >= 15 is 0 Å². The minimum absolute atomic E-state index is 0.0834. The van der Waals surface area contributed by atoms with Crippen LogP contribution >= 0.6 is 0 Å². The summed E-state index contributed by atoms with van der Waals surface area (Å²) in [5.41, 5.74) is 23.3. The lowest BCUT2D eigenvalue weighted by atomic mass is 10.0. The predicted molar refractivity (Wildman–Crippen MR) is 266 cm³/mol. The van der Waals surface area contributed by atoms with Crippen molar-refractivity contribution in [2.45, 2.75) is 146 Å². The number of carboxylic acid groups (broad SMARTS) is 1. The minimum atomic E-state index is -1.84. The number of carboxylic acids is 1. The van der Waals surface area contributed by atoms with Gasteiger partial charge >= 0.3 is 5.97 Å². The largest absolute Gasteiger partial charge is 0.508 e. The number of carbonyl (C=O) groups is 11. The fourth-order valence-electron chi connectivity index (χ4n) is 7.06. The monoisotopic (exact) mass is 1040 g/mol. The number of primary amides is 2. The van der Waals surface area contributed by atoms with Crippen LogP contribution in [0.25, 0.3) is 0 Å². The molecule has 0 saturated heterocycles. The fraction of sp³-hybridized carbons (Fsp3) is 0.521. The van der Waals surface area contributed by atoms with Crippen LogP contribution in [-0.2, 0) is 65.6 Å². The van der Waals surface area contributed by atoms with Crippen LogP contribution < -0.4 is 65.5 Å². The molecule has 0 aliphatic rings. The Kier molecular flexibility index (Phi) is 26.2. The van der Waals surface area contributed by atoms with Crippen LogP contribution in [0.4, 0.5) is 0 Å². The Balaban J connectivity index is 2.29. The molecule has 2 rings (SSSR count). The molecule has 0 fully saturated rings. The second-order valence-electron chi connectivity index (χ2n) is 18.1. The Morgan fingerprint density at radius 1 is 0.514 bits per heavy atom. The van der Waals surface area contributed by atoms with Gasteiger partial charge in [-0.15, -0.1) is 0 Å². The molecule has 0 saturated carbocycles. The van der Waals surface area contributed by atoms with Gasteiger partial charge in [-0.25, -0.2) is 4.79 Å². The van der Waals surface area contributed by atoms with Crippen LogP contribution in [0.15, 0.2) is 54.6 Å². The molecule has 0 aliphatic carbocycles. The number of hydrogen-bond donors (Lipinski definition) is 15. The highest BCUT2D eigenvalue weighted by Crippen LogP contribution is 2.13. The van der Waals surface area contributed by atoms with Gasteiger partial charge in [0.25, 0.3) is 0 Å². The van der Waals surface area contributed by atoms with Gasteiger partial charge in [0.2, 0.25) is 59.1 Å². The van der Waals surface area contributed by atoms with Crippen LogP contribution in [0.5, 0.6) is 5.75 Å². The summed E-state index contributed by atoms with van der Waals surface area (Å²) in [7, 11) is 0. The van der Waals surface area contributed by atoms with E-state index in [1.165, 1.54) is 52.0 Å². The molecule has 2 aromatic rings. The van der Waals surface area contributed by atoms with Gasteiger partial charge in [-0.05, 0) is 75.8 Å². The summed E-state index contributed by atoms with van der Waals surface area (Å²) >= 11 is 0. The molecule has 0 aliphatic heterocycles. The highest BCUT2D eigenvalue weighted by Gasteiger charge is 2.37. The molecule has 0 unspecified atom stereocenters. The third-order valence-corrected chi connectivity index (χ3v) is 11.4. The number of unbranched alkanes of at least 4 members (excludes halogenated alkanes) is 1. The van der Waals surface area contributed by atoms with Crippen LogP contribution in [0.2, 0.25) is 0 Å². The van der Waals surface area contributed by atoms with Crippen molar-refractivity contribution in [1.82, 2.24) is 42.5 Å². The second kappa shape index (κ2) is 31.0. The van der Waals surface area contributed by atoms with Gasteiger partial charge in [-0.1, -0.05) is 62.7 Å². The first-order valence-electron chi connectivity index (χ1n) is 23.9. The van der Waals surface area contributed by atoms with E-state index in [-0.39, 0.29) is 18.6 Å². The standard InChI is InChI=1S/C48H72N12O14/c1-24(2)38(46(71)60-39(27(5)61)47(72)55-32(18-19-36(51)63)43(68)54-26(4)41(66)58-35(48(73)74)22-28-11-7-6-8-12-28)59-45(70)34(23-37(52)64)57-44(69)33(21-29-14-16-30(62)17-15-29)56-40(65)25(3)53-42(67)31(50)13-9-10-20-49/h6-8,11-12,14-17,24-27,31-35,38-39,61-62H,9-10,13,18-23,49-50H2,1-5H3,(H2,51,63)(H2,52,64)(H,53,67)(H,54,68)(H,55,72)(H,56,65)(H,57,69)(H,58,66)(H,59,70)(H,60,71)(H,73,74)/t25-,26-,27+,31-,32-,33-,34-,35-,38-,39-/m0/s1. The Morgan fingerprint density at radius 3 is 1.51 bits per heavy atom. The number of aliphatic carboxylic acids is 1. The average Bonchev–Trinajstić information content (AvgIpc) is 3.33. The number of nitrogens with two attached hydrogens (primary N) is 4. The van der Waals surface area contributed by atoms with Crippen LogP contribution in [0, 0.1) is 5.92 Å². The third-order valence-electron chi connectivity index (χ3n) is 11.4. The first kappa shape index (κ1) is 62.4. The maximum Gasteiger partial charge on any atom is 0.326 e. The van der Waals surface area contributed by atoms with Gasteiger partial charge in [0, 0.05) is 19.3 Å². The average molecular weight is 1040 g/mol. The first-order valence-corrected chi connectivity index (χ1v) is 23.9. The molecule has 0 spiro atoms. The van der Waals surface area contributed by atoms with Gasteiger partial charge in [-0.2, -0.15) is 0 Å². The summed E-state index contributed by atoms with van der Waals surface area (Å²) in [4.78, 5) is 144. The summed E-state index contributed by atoms with van der Waals surface area (Å²) in [6, 6.07) is 0.788. The van der Waals surface area contributed by atoms with Crippen molar-refractivity contribution < 1.29 is 68.1 Å². The molecule has 26 nitrogen and oxygen atoms in total. The van der Waals surface area contributed by atoms with Crippen LogP contribution in [-0.4, -0.2) is 147 Å². The molecule has 10 amide bonds.